The summed E-state index contributed by atoms with van der Waals surface area (Å²) in [7, 11) is 1.58. The van der Waals surface area contributed by atoms with Gasteiger partial charge in [-0.2, -0.15) is 0 Å². The van der Waals surface area contributed by atoms with E-state index in [0.717, 1.165) is 31.9 Å². The molecule has 1 aliphatic heterocycles. The van der Waals surface area contributed by atoms with E-state index >= 15 is 0 Å². The average Bonchev–Trinajstić information content (AvgIpc) is 2.48. The Bertz CT molecular complexity index is 521. The molecule has 22 heavy (non-hydrogen) atoms. The zero-order valence-electron chi connectivity index (χ0n) is 12.5. The summed E-state index contributed by atoms with van der Waals surface area (Å²) in [6.07, 6.45) is -0.450. The second-order valence-electron chi connectivity index (χ2n) is 5.44. The van der Waals surface area contributed by atoms with Crippen LogP contribution in [-0.4, -0.2) is 62.6 Å². The van der Waals surface area contributed by atoms with Gasteiger partial charge in [0.25, 0.3) is 5.69 Å². The standard InChI is InChI=1S/C14H20ClN3O4/c1-22-10-12(19)9-16-4-6-17(7-5-16)14-3-2-11(18(20)21)8-13(14)15/h2-3,8,12,19H,4-7,9-10H2,1H3/p+1/t12-/m1/s1. The fourth-order valence-electron chi connectivity index (χ4n) is 2.72. The second kappa shape index (κ2) is 7.73. The first-order valence-electron chi connectivity index (χ1n) is 7.20. The number of hydrogen-bond acceptors (Lipinski definition) is 5. The Balaban J connectivity index is 1.93. The molecule has 2 rings (SSSR count). The summed E-state index contributed by atoms with van der Waals surface area (Å²) >= 11 is 6.16. The van der Waals surface area contributed by atoms with Crippen molar-refractivity contribution in [2.24, 2.45) is 0 Å². The summed E-state index contributed by atoms with van der Waals surface area (Å²) in [6.45, 7) is 4.37. The van der Waals surface area contributed by atoms with Gasteiger partial charge in [-0.3, -0.25) is 10.1 Å². The van der Waals surface area contributed by atoms with E-state index in [2.05, 4.69) is 4.90 Å². The quantitative estimate of drug-likeness (QED) is 0.565. The number of hydrogen-bond donors (Lipinski definition) is 2. The van der Waals surface area contributed by atoms with Crippen LogP contribution in [0.4, 0.5) is 11.4 Å². The van der Waals surface area contributed by atoms with Crippen LogP contribution in [0.2, 0.25) is 5.02 Å². The van der Waals surface area contributed by atoms with E-state index in [1.165, 1.54) is 17.0 Å². The number of nitro benzene ring substituents is 1. The monoisotopic (exact) mass is 330 g/mol. The molecule has 1 saturated heterocycles. The minimum Gasteiger partial charge on any atom is -0.385 e. The molecule has 0 radical (unpaired) electrons. The van der Waals surface area contributed by atoms with Gasteiger partial charge in [-0.25, -0.2) is 0 Å². The predicted molar refractivity (Wildman–Crippen MR) is 83.8 cm³/mol. The Morgan fingerprint density at radius 3 is 2.73 bits per heavy atom. The Hall–Kier alpha value is -1.41. The molecule has 0 bridgehead atoms. The molecule has 1 atom stereocenters. The molecule has 8 heteroatoms. The number of quaternary nitrogens is 1. The molecule has 7 nitrogen and oxygen atoms in total. The van der Waals surface area contributed by atoms with Crippen molar-refractivity contribution in [3.63, 3.8) is 0 Å². The topological polar surface area (TPSA) is 80.3 Å². The van der Waals surface area contributed by atoms with Crippen LogP contribution in [0.25, 0.3) is 0 Å². The van der Waals surface area contributed by atoms with E-state index < -0.39 is 11.0 Å². The third-order valence-electron chi connectivity index (χ3n) is 3.84. The summed E-state index contributed by atoms with van der Waals surface area (Å²) < 4.78 is 4.94. The normalized spacial score (nSPS) is 17.5. The lowest BCUT2D eigenvalue weighted by molar-refractivity contribution is -0.903. The first-order chi connectivity index (χ1) is 10.5. The predicted octanol–water partition coefficient (Wildman–Crippen LogP) is -0.0396. The van der Waals surface area contributed by atoms with Crippen molar-refractivity contribution in [2.45, 2.75) is 6.10 Å². The maximum Gasteiger partial charge on any atom is 0.271 e. The number of non-ortho nitro benzene ring substituents is 1. The summed E-state index contributed by atoms with van der Waals surface area (Å²) in [4.78, 5) is 13.7. The first-order valence-corrected chi connectivity index (χ1v) is 7.58. The molecule has 0 amide bonds. The van der Waals surface area contributed by atoms with Crippen LogP contribution < -0.4 is 9.80 Å². The number of methoxy groups -OCH3 is 1. The molecule has 122 valence electrons. The number of piperazine rings is 1. The lowest BCUT2D eigenvalue weighted by Crippen LogP contribution is -3.16. The summed E-state index contributed by atoms with van der Waals surface area (Å²) in [6, 6.07) is 4.56. The molecule has 1 heterocycles. The van der Waals surface area contributed by atoms with Crippen LogP contribution in [-0.2, 0) is 4.74 Å². The summed E-state index contributed by atoms with van der Waals surface area (Å²) in [5, 5.41) is 20.9. The van der Waals surface area contributed by atoms with E-state index in [9.17, 15) is 15.2 Å². The largest absolute Gasteiger partial charge is 0.385 e. The lowest BCUT2D eigenvalue weighted by atomic mass is 10.2. The fraction of sp³-hybridized carbons (Fsp3) is 0.571. The third-order valence-corrected chi connectivity index (χ3v) is 4.14. The van der Waals surface area contributed by atoms with E-state index in [1.54, 1.807) is 13.2 Å². The number of anilines is 1. The van der Waals surface area contributed by atoms with Gasteiger partial charge < -0.3 is 19.6 Å². The molecular weight excluding hydrogens is 310 g/mol. The molecule has 0 spiro atoms. The molecule has 1 aliphatic rings. The molecular formula is C14H21ClN3O4+. The number of aliphatic hydroxyl groups excluding tert-OH is 1. The van der Waals surface area contributed by atoms with Crippen molar-refractivity contribution in [1.82, 2.24) is 0 Å². The molecule has 0 saturated carbocycles. The summed E-state index contributed by atoms with van der Waals surface area (Å²) in [5.74, 6) is 0. The van der Waals surface area contributed by atoms with E-state index in [-0.39, 0.29) is 5.69 Å². The third kappa shape index (κ3) is 4.30. The van der Waals surface area contributed by atoms with Crippen molar-refractivity contribution in [3.8, 4) is 0 Å². The average molecular weight is 331 g/mol. The number of nitrogens with zero attached hydrogens (tertiary/aromatic N) is 2. The minimum atomic E-state index is -0.450. The zero-order chi connectivity index (χ0) is 16.1. The smallest absolute Gasteiger partial charge is 0.271 e. The number of rotatable bonds is 6. The van der Waals surface area contributed by atoms with Crippen LogP contribution in [0.5, 0.6) is 0 Å². The maximum atomic E-state index is 10.7. The first kappa shape index (κ1) is 17.0. The Kier molecular flexibility index (Phi) is 5.96. The molecule has 2 N–H and O–H groups in total. The van der Waals surface area contributed by atoms with E-state index in [1.807, 2.05) is 0 Å². The highest BCUT2D eigenvalue weighted by molar-refractivity contribution is 6.33. The number of nitrogens with one attached hydrogen (secondary N) is 1. The van der Waals surface area contributed by atoms with Gasteiger partial charge in [0.05, 0.1) is 48.4 Å². The SMILES string of the molecule is COC[C@H](O)C[NH+]1CCN(c2ccc([N+](=O)[O-])cc2Cl)CC1. The molecule has 0 aliphatic carbocycles. The van der Waals surface area contributed by atoms with Gasteiger partial charge in [-0.05, 0) is 6.07 Å². The number of halogens is 1. The minimum absolute atomic E-state index is 0.000647. The van der Waals surface area contributed by atoms with Gasteiger partial charge in [-0.1, -0.05) is 11.6 Å². The lowest BCUT2D eigenvalue weighted by Gasteiger charge is -2.34. The van der Waals surface area contributed by atoms with Crippen LogP contribution in [0.1, 0.15) is 0 Å². The van der Waals surface area contributed by atoms with E-state index in [0.29, 0.717) is 18.2 Å². The Labute approximate surface area is 134 Å². The van der Waals surface area contributed by atoms with Crippen molar-refractivity contribution < 1.29 is 19.7 Å². The van der Waals surface area contributed by atoms with Gasteiger partial charge in [0.1, 0.15) is 12.6 Å². The zero-order valence-corrected chi connectivity index (χ0v) is 13.3. The van der Waals surface area contributed by atoms with Crippen molar-refractivity contribution in [2.75, 3.05) is 51.3 Å². The fourth-order valence-corrected chi connectivity index (χ4v) is 3.01. The van der Waals surface area contributed by atoms with Crippen molar-refractivity contribution in [3.05, 3.63) is 33.3 Å². The number of nitro groups is 1. The van der Waals surface area contributed by atoms with Gasteiger partial charge in [0.2, 0.25) is 0 Å². The van der Waals surface area contributed by atoms with Crippen LogP contribution in [0.15, 0.2) is 18.2 Å². The highest BCUT2D eigenvalue weighted by Crippen LogP contribution is 2.29. The Morgan fingerprint density at radius 1 is 1.50 bits per heavy atom. The number of ether oxygens (including phenoxy) is 1. The van der Waals surface area contributed by atoms with Gasteiger partial charge in [0, 0.05) is 19.2 Å². The van der Waals surface area contributed by atoms with Gasteiger partial charge >= 0.3 is 0 Å². The summed E-state index contributed by atoms with van der Waals surface area (Å²) in [5.41, 5.74) is 0.824. The molecule has 1 fully saturated rings. The molecule has 0 aromatic heterocycles. The number of benzene rings is 1. The van der Waals surface area contributed by atoms with E-state index in [4.69, 9.17) is 16.3 Å². The van der Waals surface area contributed by atoms with Crippen LogP contribution in [0, 0.1) is 10.1 Å². The number of aliphatic hydroxyl groups is 1. The molecule has 1 aromatic carbocycles. The van der Waals surface area contributed by atoms with Crippen molar-refractivity contribution >= 4 is 23.0 Å². The highest BCUT2D eigenvalue weighted by atomic mass is 35.5. The second-order valence-corrected chi connectivity index (χ2v) is 5.85. The molecule has 1 aromatic rings. The molecule has 0 unspecified atom stereocenters. The van der Waals surface area contributed by atoms with Crippen LogP contribution >= 0.6 is 11.6 Å². The van der Waals surface area contributed by atoms with Crippen LogP contribution in [0.3, 0.4) is 0 Å². The van der Waals surface area contributed by atoms with Gasteiger partial charge in [0.15, 0.2) is 0 Å². The maximum absolute atomic E-state index is 10.7. The highest BCUT2D eigenvalue weighted by Gasteiger charge is 2.24. The van der Waals surface area contributed by atoms with Crippen molar-refractivity contribution in [1.29, 1.82) is 0 Å². The van der Waals surface area contributed by atoms with Gasteiger partial charge in [-0.15, -0.1) is 0 Å². The Morgan fingerprint density at radius 2 is 2.18 bits per heavy atom.